The minimum atomic E-state index is 0.0536. The highest BCUT2D eigenvalue weighted by Gasteiger charge is 2.11. The number of thioether (sulfide) groups is 1. The molecule has 1 unspecified atom stereocenters. The van der Waals surface area contributed by atoms with Gasteiger partial charge in [-0.25, -0.2) is 0 Å². The first-order valence-corrected chi connectivity index (χ1v) is 7.16. The van der Waals surface area contributed by atoms with E-state index in [9.17, 15) is 4.79 Å². The molecule has 1 aromatic carbocycles. The average Bonchev–Trinajstić information content (AvgIpc) is 2.18. The summed E-state index contributed by atoms with van der Waals surface area (Å²) in [5.74, 6) is 1.000. The molecule has 4 heteroatoms. The van der Waals surface area contributed by atoms with Crippen LogP contribution in [0.25, 0.3) is 0 Å². The van der Waals surface area contributed by atoms with Crippen molar-refractivity contribution >= 4 is 45.9 Å². The molecule has 0 aromatic heterocycles. The van der Waals surface area contributed by atoms with Gasteiger partial charge in [0.05, 0.1) is 0 Å². The van der Waals surface area contributed by atoms with Crippen LogP contribution in [-0.2, 0) is 4.79 Å². The van der Waals surface area contributed by atoms with Crippen LogP contribution in [0.4, 0.5) is 5.69 Å². The largest absolute Gasteiger partial charge is 0.326 e. The Morgan fingerprint density at radius 1 is 1.60 bits per heavy atom. The van der Waals surface area contributed by atoms with Gasteiger partial charge in [0.2, 0.25) is 5.91 Å². The maximum atomic E-state index is 11.7. The van der Waals surface area contributed by atoms with Crippen LogP contribution in [0.1, 0.15) is 6.92 Å². The summed E-state index contributed by atoms with van der Waals surface area (Å²) in [6.45, 7) is 1.94. The maximum absolute atomic E-state index is 11.7. The summed E-state index contributed by atoms with van der Waals surface area (Å²) in [4.78, 5) is 11.7. The van der Waals surface area contributed by atoms with E-state index < -0.39 is 0 Å². The smallest absolute Gasteiger partial charge is 0.228 e. The summed E-state index contributed by atoms with van der Waals surface area (Å²) in [5, 5.41) is 2.91. The molecule has 0 spiro atoms. The van der Waals surface area contributed by atoms with E-state index in [-0.39, 0.29) is 11.8 Å². The van der Waals surface area contributed by atoms with Crippen LogP contribution >= 0.6 is 34.4 Å². The SMILES string of the molecule is CSCC(C)C(=O)Nc1cccc(I)c1. The first-order valence-electron chi connectivity index (χ1n) is 4.69. The van der Waals surface area contributed by atoms with Crippen molar-refractivity contribution in [3.8, 4) is 0 Å². The van der Waals surface area contributed by atoms with Crippen molar-refractivity contribution in [3.05, 3.63) is 27.8 Å². The quantitative estimate of drug-likeness (QED) is 0.856. The minimum Gasteiger partial charge on any atom is -0.326 e. The highest BCUT2D eigenvalue weighted by atomic mass is 127. The number of nitrogens with one attached hydrogen (secondary N) is 1. The third-order valence-electron chi connectivity index (χ3n) is 1.96. The number of rotatable bonds is 4. The Morgan fingerprint density at radius 2 is 2.33 bits per heavy atom. The second-order valence-electron chi connectivity index (χ2n) is 3.36. The van der Waals surface area contributed by atoms with Crippen LogP contribution in [0, 0.1) is 9.49 Å². The van der Waals surface area contributed by atoms with Gasteiger partial charge >= 0.3 is 0 Å². The van der Waals surface area contributed by atoms with Crippen LogP contribution < -0.4 is 5.32 Å². The Kier molecular flexibility index (Phi) is 5.45. The van der Waals surface area contributed by atoms with E-state index in [0.717, 1.165) is 15.0 Å². The van der Waals surface area contributed by atoms with Gasteiger partial charge in [-0.05, 0) is 47.0 Å². The molecular formula is C11H14INOS. The number of anilines is 1. The summed E-state index contributed by atoms with van der Waals surface area (Å²) in [7, 11) is 0. The van der Waals surface area contributed by atoms with Crippen molar-refractivity contribution < 1.29 is 4.79 Å². The number of hydrogen-bond donors (Lipinski definition) is 1. The molecule has 0 heterocycles. The number of benzene rings is 1. The number of halogens is 1. The molecule has 0 aliphatic heterocycles. The summed E-state index contributed by atoms with van der Waals surface area (Å²) >= 11 is 3.92. The predicted octanol–water partition coefficient (Wildman–Crippen LogP) is 3.23. The molecule has 0 saturated heterocycles. The molecule has 15 heavy (non-hydrogen) atoms. The lowest BCUT2D eigenvalue weighted by Gasteiger charge is -2.10. The Balaban J connectivity index is 2.58. The normalized spacial score (nSPS) is 12.2. The zero-order valence-corrected chi connectivity index (χ0v) is 11.8. The molecule has 0 fully saturated rings. The molecule has 0 aliphatic rings. The number of carbonyl (C=O) groups is 1. The van der Waals surface area contributed by atoms with Crippen LogP contribution in [0.5, 0.6) is 0 Å². The summed E-state index contributed by atoms with van der Waals surface area (Å²) < 4.78 is 1.13. The lowest BCUT2D eigenvalue weighted by Crippen LogP contribution is -2.22. The third kappa shape index (κ3) is 4.42. The fraction of sp³-hybridized carbons (Fsp3) is 0.364. The van der Waals surface area contributed by atoms with Crippen molar-refractivity contribution in [2.45, 2.75) is 6.92 Å². The Bertz CT molecular complexity index is 343. The van der Waals surface area contributed by atoms with Crippen LogP contribution in [0.3, 0.4) is 0 Å². The summed E-state index contributed by atoms with van der Waals surface area (Å²) in [5.41, 5.74) is 0.875. The molecule has 1 rings (SSSR count). The second-order valence-corrected chi connectivity index (χ2v) is 5.51. The highest BCUT2D eigenvalue weighted by Crippen LogP contribution is 2.14. The topological polar surface area (TPSA) is 29.1 Å². The van der Waals surface area contributed by atoms with E-state index in [2.05, 4.69) is 27.9 Å². The molecule has 1 aromatic rings. The van der Waals surface area contributed by atoms with Gasteiger partial charge in [-0.3, -0.25) is 4.79 Å². The molecule has 1 amide bonds. The zero-order chi connectivity index (χ0) is 11.3. The van der Waals surface area contributed by atoms with E-state index in [1.807, 2.05) is 37.4 Å². The van der Waals surface area contributed by atoms with Crippen molar-refractivity contribution in [1.29, 1.82) is 0 Å². The maximum Gasteiger partial charge on any atom is 0.228 e. The zero-order valence-electron chi connectivity index (χ0n) is 8.79. The average molecular weight is 335 g/mol. The number of carbonyl (C=O) groups excluding carboxylic acids is 1. The minimum absolute atomic E-state index is 0.0536. The summed E-state index contributed by atoms with van der Waals surface area (Å²) in [6, 6.07) is 7.81. The van der Waals surface area contributed by atoms with Crippen molar-refractivity contribution in [1.82, 2.24) is 0 Å². The molecule has 0 radical (unpaired) electrons. The van der Waals surface area contributed by atoms with E-state index in [4.69, 9.17) is 0 Å². The molecule has 0 aliphatic carbocycles. The van der Waals surface area contributed by atoms with Gasteiger partial charge in [-0.2, -0.15) is 11.8 Å². The lowest BCUT2D eigenvalue weighted by atomic mass is 10.2. The molecule has 1 atom stereocenters. The fourth-order valence-electron chi connectivity index (χ4n) is 1.16. The van der Waals surface area contributed by atoms with Crippen LogP contribution in [-0.4, -0.2) is 17.9 Å². The highest BCUT2D eigenvalue weighted by molar-refractivity contribution is 14.1. The van der Waals surface area contributed by atoms with Gasteiger partial charge < -0.3 is 5.32 Å². The van der Waals surface area contributed by atoms with Gasteiger partial charge in [0.15, 0.2) is 0 Å². The van der Waals surface area contributed by atoms with Gasteiger partial charge in [-0.1, -0.05) is 13.0 Å². The van der Waals surface area contributed by atoms with E-state index in [1.54, 1.807) is 11.8 Å². The first kappa shape index (κ1) is 12.8. The molecular weight excluding hydrogens is 321 g/mol. The molecule has 0 saturated carbocycles. The Hall–Kier alpha value is -0.230. The standard InChI is InChI=1S/C11H14INOS/c1-8(7-15-2)11(14)13-10-5-3-4-9(12)6-10/h3-6,8H,7H2,1-2H3,(H,13,14). The van der Waals surface area contributed by atoms with Crippen LogP contribution in [0.2, 0.25) is 0 Å². The summed E-state index contributed by atoms with van der Waals surface area (Å²) in [6.07, 6.45) is 2.01. The monoisotopic (exact) mass is 335 g/mol. The lowest BCUT2D eigenvalue weighted by molar-refractivity contribution is -0.118. The molecule has 2 nitrogen and oxygen atoms in total. The van der Waals surface area contributed by atoms with Gasteiger partial charge in [0.25, 0.3) is 0 Å². The van der Waals surface area contributed by atoms with Crippen molar-refractivity contribution in [3.63, 3.8) is 0 Å². The molecule has 82 valence electrons. The van der Waals surface area contributed by atoms with E-state index >= 15 is 0 Å². The molecule has 1 N–H and O–H groups in total. The first-order chi connectivity index (χ1) is 7.13. The Morgan fingerprint density at radius 3 is 2.93 bits per heavy atom. The van der Waals surface area contributed by atoms with Gasteiger partial charge in [-0.15, -0.1) is 0 Å². The van der Waals surface area contributed by atoms with Gasteiger partial charge in [0.1, 0.15) is 0 Å². The fourth-order valence-corrected chi connectivity index (χ4v) is 2.35. The number of hydrogen-bond acceptors (Lipinski definition) is 2. The van der Waals surface area contributed by atoms with Crippen molar-refractivity contribution in [2.24, 2.45) is 5.92 Å². The molecule has 0 bridgehead atoms. The predicted molar refractivity (Wildman–Crippen MR) is 75.3 cm³/mol. The van der Waals surface area contributed by atoms with Crippen LogP contribution in [0.15, 0.2) is 24.3 Å². The van der Waals surface area contributed by atoms with Crippen molar-refractivity contribution in [2.75, 3.05) is 17.3 Å². The second kappa shape index (κ2) is 6.37. The third-order valence-corrected chi connectivity index (χ3v) is 3.46. The number of amides is 1. The van der Waals surface area contributed by atoms with E-state index in [1.165, 1.54) is 0 Å². The van der Waals surface area contributed by atoms with E-state index in [0.29, 0.717) is 0 Å². The van der Waals surface area contributed by atoms with Gasteiger partial charge in [0, 0.05) is 20.9 Å². The Labute approximate surface area is 108 Å².